The summed E-state index contributed by atoms with van der Waals surface area (Å²) in [6.45, 7) is 6.45. The van der Waals surface area contributed by atoms with Gasteiger partial charge in [0.05, 0.1) is 13.2 Å². The molecular weight excluding hydrogens is 316 g/mol. The molecule has 0 fully saturated rings. The summed E-state index contributed by atoms with van der Waals surface area (Å²) in [7, 11) is 0. The third-order valence-corrected chi connectivity index (χ3v) is 4.07. The number of amides is 1. The van der Waals surface area contributed by atoms with Crippen molar-refractivity contribution in [1.82, 2.24) is 15.3 Å². The zero-order chi connectivity index (χ0) is 17.6. The second kappa shape index (κ2) is 8.07. The van der Waals surface area contributed by atoms with E-state index >= 15 is 0 Å². The monoisotopic (exact) mass is 340 g/mol. The summed E-state index contributed by atoms with van der Waals surface area (Å²) in [6.07, 6.45) is 0.743. The fourth-order valence-corrected chi connectivity index (χ4v) is 2.72. The zero-order valence-electron chi connectivity index (χ0n) is 14.7. The molecule has 0 bridgehead atoms. The van der Waals surface area contributed by atoms with Gasteiger partial charge in [0, 0.05) is 24.6 Å². The van der Waals surface area contributed by atoms with Crippen LogP contribution in [0.2, 0.25) is 0 Å². The molecule has 0 aliphatic carbocycles. The molecule has 0 saturated heterocycles. The highest BCUT2D eigenvalue weighted by atomic mass is 16.5. The van der Waals surface area contributed by atoms with Gasteiger partial charge in [0.1, 0.15) is 17.3 Å². The maximum atomic E-state index is 12.1. The van der Waals surface area contributed by atoms with Gasteiger partial charge in [-0.2, -0.15) is 0 Å². The number of carbonyl (C=O) groups excluding carboxylic acids is 1. The van der Waals surface area contributed by atoms with E-state index in [1.807, 2.05) is 44.2 Å². The topological polar surface area (TPSA) is 76.1 Å². The van der Waals surface area contributed by atoms with E-state index in [0.717, 1.165) is 23.4 Å². The number of benzene rings is 1. The SMILES string of the molecule is CC(C)c1nc(NCCOCc2ccccc2)c2c(n1)C(=O)NCC2. The van der Waals surface area contributed by atoms with Crippen molar-refractivity contribution in [2.24, 2.45) is 0 Å². The van der Waals surface area contributed by atoms with Gasteiger partial charge in [-0.1, -0.05) is 44.2 Å². The lowest BCUT2D eigenvalue weighted by Gasteiger charge is -2.21. The average molecular weight is 340 g/mol. The first kappa shape index (κ1) is 17.4. The van der Waals surface area contributed by atoms with Gasteiger partial charge in [0.15, 0.2) is 0 Å². The van der Waals surface area contributed by atoms with E-state index in [1.165, 1.54) is 0 Å². The summed E-state index contributed by atoms with van der Waals surface area (Å²) in [6, 6.07) is 10.1. The summed E-state index contributed by atoms with van der Waals surface area (Å²) in [5.41, 5.74) is 2.55. The molecular formula is C19H24N4O2. The van der Waals surface area contributed by atoms with Crippen LogP contribution < -0.4 is 10.6 Å². The molecule has 6 nitrogen and oxygen atoms in total. The van der Waals surface area contributed by atoms with Gasteiger partial charge >= 0.3 is 0 Å². The number of hydrogen-bond acceptors (Lipinski definition) is 5. The van der Waals surface area contributed by atoms with E-state index in [0.29, 0.717) is 37.8 Å². The predicted octanol–water partition coefficient (Wildman–Crippen LogP) is 2.51. The largest absolute Gasteiger partial charge is 0.375 e. The number of fused-ring (bicyclic) bond motifs is 1. The van der Waals surface area contributed by atoms with Crippen LogP contribution in [0, 0.1) is 0 Å². The van der Waals surface area contributed by atoms with Crippen LogP contribution in [0.1, 0.15) is 47.2 Å². The molecule has 1 aromatic heterocycles. The van der Waals surface area contributed by atoms with Crippen LogP contribution in [0.25, 0.3) is 0 Å². The Morgan fingerprint density at radius 1 is 1.24 bits per heavy atom. The maximum absolute atomic E-state index is 12.1. The van der Waals surface area contributed by atoms with Crippen LogP contribution in [0.3, 0.4) is 0 Å². The molecule has 3 rings (SSSR count). The molecule has 6 heteroatoms. The molecule has 1 aromatic carbocycles. The summed E-state index contributed by atoms with van der Waals surface area (Å²) >= 11 is 0. The van der Waals surface area contributed by atoms with Gasteiger partial charge in [-0.15, -0.1) is 0 Å². The number of hydrogen-bond donors (Lipinski definition) is 2. The van der Waals surface area contributed by atoms with Gasteiger partial charge in [-0.05, 0) is 12.0 Å². The van der Waals surface area contributed by atoms with E-state index in [1.54, 1.807) is 0 Å². The highest BCUT2D eigenvalue weighted by Gasteiger charge is 2.24. The third kappa shape index (κ3) is 4.33. The van der Waals surface area contributed by atoms with E-state index in [2.05, 4.69) is 20.6 Å². The normalized spacial score (nSPS) is 13.5. The van der Waals surface area contributed by atoms with Crippen LogP contribution in [-0.2, 0) is 17.8 Å². The number of rotatable bonds is 7. The molecule has 0 unspecified atom stereocenters. The van der Waals surface area contributed by atoms with Gasteiger partial charge in [0.2, 0.25) is 0 Å². The van der Waals surface area contributed by atoms with Gasteiger partial charge in [-0.25, -0.2) is 9.97 Å². The lowest BCUT2D eigenvalue weighted by atomic mass is 10.1. The van der Waals surface area contributed by atoms with E-state index < -0.39 is 0 Å². The molecule has 1 amide bonds. The van der Waals surface area contributed by atoms with Crippen molar-refractivity contribution in [2.75, 3.05) is 25.0 Å². The first-order valence-electron chi connectivity index (χ1n) is 8.69. The van der Waals surface area contributed by atoms with E-state index in [9.17, 15) is 4.79 Å². The fraction of sp³-hybridized carbons (Fsp3) is 0.421. The Hall–Kier alpha value is -2.47. The Balaban J connectivity index is 1.62. The summed E-state index contributed by atoms with van der Waals surface area (Å²) in [5.74, 6) is 1.49. The highest BCUT2D eigenvalue weighted by Crippen LogP contribution is 2.22. The minimum absolute atomic E-state index is 0.117. The van der Waals surface area contributed by atoms with Crippen LogP contribution in [0.15, 0.2) is 30.3 Å². The van der Waals surface area contributed by atoms with Gasteiger partial charge in [0.25, 0.3) is 5.91 Å². The molecule has 0 radical (unpaired) electrons. The Kier molecular flexibility index (Phi) is 5.60. The van der Waals surface area contributed by atoms with Crippen molar-refractivity contribution in [2.45, 2.75) is 32.8 Å². The van der Waals surface area contributed by atoms with Crippen molar-refractivity contribution in [3.8, 4) is 0 Å². The Bertz CT molecular complexity index is 732. The first-order chi connectivity index (χ1) is 12.1. The number of carbonyl (C=O) groups is 1. The Morgan fingerprint density at radius 3 is 2.80 bits per heavy atom. The number of ether oxygens (including phenoxy) is 1. The van der Waals surface area contributed by atoms with Crippen LogP contribution in [-0.4, -0.2) is 35.6 Å². The van der Waals surface area contributed by atoms with Crippen LogP contribution in [0.4, 0.5) is 5.82 Å². The molecule has 2 N–H and O–H groups in total. The quantitative estimate of drug-likeness (QED) is 0.758. The molecule has 0 spiro atoms. The number of aromatic nitrogens is 2. The van der Waals surface area contributed by atoms with Gasteiger partial charge in [-0.3, -0.25) is 4.79 Å². The maximum Gasteiger partial charge on any atom is 0.270 e. The van der Waals surface area contributed by atoms with Crippen molar-refractivity contribution >= 4 is 11.7 Å². The lowest BCUT2D eigenvalue weighted by molar-refractivity contribution is 0.0940. The Labute approximate surface area is 148 Å². The molecule has 1 aliphatic heterocycles. The van der Waals surface area contributed by atoms with Crippen molar-refractivity contribution in [1.29, 1.82) is 0 Å². The summed E-state index contributed by atoms with van der Waals surface area (Å²) in [5, 5.41) is 6.16. The van der Waals surface area contributed by atoms with Gasteiger partial charge < -0.3 is 15.4 Å². The average Bonchev–Trinajstić information content (AvgIpc) is 2.62. The lowest BCUT2D eigenvalue weighted by Crippen LogP contribution is -2.34. The first-order valence-corrected chi connectivity index (χ1v) is 8.69. The number of nitrogens with zero attached hydrogens (tertiary/aromatic N) is 2. The minimum atomic E-state index is -0.117. The molecule has 25 heavy (non-hydrogen) atoms. The van der Waals surface area contributed by atoms with E-state index in [-0.39, 0.29) is 11.8 Å². The molecule has 132 valence electrons. The predicted molar refractivity (Wildman–Crippen MR) is 96.7 cm³/mol. The standard InChI is InChI=1S/C19H24N4O2/c1-13(2)17-22-16-15(8-9-21-19(16)24)18(23-17)20-10-11-25-12-14-6-4-3-5-7-14/h3-7,13H,8-12H2,1-2H3,(H,21,24)(H,20,22,23). The number of anilines is 1. The minimum Gasteiger partial charge on any atom is -0.375 e. The molecule has 2 aromatic rings. The third-order valence-electron chi connectivity index (χ3n) is 4.07. The zero-order valence-corrected chi connectivity index (χ0v) is 14.7. The van der Waals surface area contributed by atoms with E-state index in [4.69, 9.17) is 4.74 Å². The van der Waals surface area contributed by atoms with Crippen LogP contribution in [0.5, 0.6) is 0 Å². The molecule has 0 atom stereocenters. The second-order valence-electron chi connectivity index (χ2n) is 6.38. The van der Waals surface area contributed by atoms with Crippen molar-refractivity contribution in [3.63, 3.8) is 0 Å². The molecule has 1 aliphatic rings. The smallest absolute Gasteiger partial charge is 0.270 e. The summed E-state index contributed by atoms with van der Waals surface area (Å²) in [4.78, 5) is 21.2. The van der Waals surface area contributed by atoms with Crippen molar-refractivity contribution < 1.29 is 9.53 Å². The number of nitrogens with one attached hydrogen (secondary N) is 2. The fourth-order valence-electron chi connectivity index (χ4n) is 2.72. The Morgan fingerprint density at radius 2 is 2.04 bits per heavy atom. The molecule has 0 saturated carbocycles. The second-order valence-corrected chi connectivity index (χ2v) is 6.38. The van der Waals surface area contributed by atoms with Crippen LogP contribution >= 0.6 is 0 Å². The summed E-state index contributed by atoms with van der Waals surface area (Å²) < 4.78 is 5.70. The van der Waals surface area contributed by atoms with Crippen molar-refractivity contribution in [3.05, 3.63) is 53.0 Å². The molecule has 2 heterocycles. The highest BCUT2D eigenvalue weighted by molar-refractivity contribution is 5.96.